The first kappa shape index (κ1) is 21.1. The van der Waals surface area contributed by atoms with Crippen molar-refractivity contribution in [2.45, 2.75) is 24.9 Å². The number of anilines is 1. The molecule has 174 valence electrons. The van der Waals surface area contributed by atoms with Crippen LogP contribution in [-0.2, 0) is 31.1 Å². The molecule has 8 heteroatoms. The predicted molar refractivity (Wildman–Crippen MR) is 126 cm³/mol. The molecule has 2 fully saturated rings. The van der Waals surface area contributed by atoms with Crippen molar-refractivity contribution >= 4 is 34.3 Å². The number of nitrogens with zero attached hydrogens (tertiary/aromatic N) is 1. The minimum atomic E-state index is -1.28. The zero-order chi connectivity index (χ0) is 23.6. The first-order valence-corrected chi connectivity index (χ1v) is 11.5. The number of aryl methyl sites for hydroxylation is 1. The predicted octanol–water partition coefficient (Wildman–Crippen LogP) is 2.09. The Morgan fingerprint density at radius 2 is 1.91 bits per heavy atom. The van der Waals surface area contributed by atoms with E-state index < -0.39 is 17.4 Å². The molecule has 2 aromatic carbocycles. The van der Waals surface area contributed by atoms with Gasteiger partial charge in [-0.05, 0) is 31.0 Å². The topological polar surface area (TPSA) is 104 Å². The normalized spacial score (nSPS) is 27.6. The third kappa shape index (κ3) is 2.75. The molecule has 1 spiro atoms. The molecule has 4 atom stereocenters. The Morgan fingerprint density at radius 1 is 1.09 bits per heavy atom. The fourth-order valence-electron chi connectivity index (χ4n) is 6.09. The number of amides is 3. The zero-order valence-corrected chi connectivity index (χ0v) is 19.1. The number of likely N-dealkylation sites (tertiary alicyclic amines) is 1. The van der Waals surface area contributed by atoms with Gasteiger partial charge in [0.15, 0.2) is 0 Å². The van der Waals surface area contributed by atoms with Gasteiger partial charge in [0, 0.05) is 41.5 Å². The zero-order valence-electron chi connectivity index (χ0n) is 19.1. The Bertz CT molecular complexity index is 1350. The fraction of sp³-hybridized carbons (Fsp3) is 0.346. The lowest BCUT2D eigenvalue weighted by molar-refractivity contribution is -0.143. The summed E-state index contributed by atoms with van der Waals surface area (Å²) in [6.45, 7) is 2.39. The number of nitrogens with one attached hydrogen (secondary N) is 3. The van der Waals surface area contributed by atoms with Crippen LogP contribution in [0.4, 0.5) is 5.69 Å². The lowest BCUT2D eigenvalue weighted by atomic mass is 9.76. The summed E-state index contributed by atoms with van der Waals surface area (Å²) in [7, 11) is 1.54. The van der Waals surface area contributed by atoms with Crippen LogP contribution < -0.4 is 10.6 Å². The summed E-state index contributed by atoms with van der Waals surface area (Å²) in [5.74, 6) is -2.29. The average Bonchev–Trinajstić information content (AvgIpc) is 3.53. The van der Waals surface area contributed by atoms with E-state index in [4.69, 9.17) is 4.74 Å². The van der Waals surface area contributed by atoms with Crippen molar-refractivity contribution in [3.63, 3.8) is 0 Å². The highest BCUT2D eigenvalue weighted by atomic mass is 16.5. The molecule has 1 aromatic heterocycles. The molecule has 2 saturated heterocycles. The molecule has 8 nitrogen and oxygen atoms in total. The van der Waals surface area contributed by atoms with E-state index in [-0.39, 0.29) is 36.9 Å². The molecule has 34 heavy (non-hydrogen) atoms. The maximum absolute atomic E-state index is 13.7. The third-order valence-corrected chi connectivity index (χ3v) is 7.60. The Morgan fingerprint density at radius 3 is 2.74 bits per heavy atom. The molecule has 0 aliphatic carbocycles. The molecular formula is C26H26N4O4. The van der Waals surface area contributed by atoms with Crippen molar-refractivity contribution in [3.8, 4) is 0 Å². The summed E-state index contributed by atoms with van der Waals surface area (Å²) in [4.78, 5) is 45.4. The second-order valence-electron chi connectivity index (χ2n) is 9.45. The Balaban J connectivity index is 1.47. The number of benzene rings is 2. The summed E-state index contributed by atoms with van der Waals surface area (Å²) in [6, 6.07) is 13.3. The maximum Gasteiger partial charge on any atom is 0.250 e. The number of carbonyl (C=O) groups is 3. The Hall–Kier alpha value is -3.49. The maximum atomic E-state index is 13.7. The van der Waals surface area contributed by atoms with E-state index in [1.165, 1.54) is 12.0 Å². The summed E-state index contributed by atoms with van der Waals surface area (Å²) >= 11 is 0. The molecule has 0 unspecified atom stereocenters. The van der Waals surface area contributed by atoms with Crippen LogP contribution in [0.1, 0.15) is 16.7 Å². The van der Waals surface area contributed by atoms with Gasteiger partial charge in [-0.25, -0.2) is 0 Å². The van der Waals surface area contributed by atoms with E-state index in [0.717, 1.165) is 27.6 Å². The number of imide groups is 1. The quantitative estimate of drug-likeness (QED) is 0.508. The largest absolute Gasteiger partial charge is 0.383 e. The highest BCUT2D eigenvalue weighted by Crippen LogP contribution is 2.53. The summed E-state index contributed by atoms with van der Waals surface area (Å²) in [5, 5.41) is 7.55. The third-order valence-electron chi connectivity index (χ3n) is 7.60. The highest BCUT2D eigenvalue weighted by Gasteiger charge is 2.70. The number of H-pyrrole nitrogens is 1. The van der Waals surface area contributed by atoms with E-state index >= 15 is 0 Å². The number of hydrogen-bond acceptors (Lipinski definition) is 5. The van der Waals surface area contributed by atoms with Crippen molar-refractivity contribution in [2.75, 3.05) is 25.6 Å². The highest BCUT2D eigenvalue weighted by molar-refractivity contribution is 6.15. The molecule has 3 aliphatic rings. The van der Waals surface area contributed by atoms with E-state index in [1.807, 2.05) is 55.6 Å². The van der Waals surface area contributed by atoms with Gasteiger partial charge in [-0.1, -0.05) is 35.9 Å². The van der Waals surface area contributed by atoms with Crippen LogP contribution in [0.15, 0.2) is 48.7 Å². The number of ether oxygens (including phenoxy) is 1. The SMILES string of the molecule is COCCN1C(=O)[C@H]2[C@@H](C1=O)[C@]1(N[C@@H]2Cc2c[nH]c3ccccc23)C(=O)Nc2ccc(C)cc21. The Kier molecular flexibility index (Phi) is 4.65. The lowest BCUT2D eigenvalue weighted by Gasteiger charge is -2.29. The Labute approximate surface area is 196 Å². The van der Waals surface area contributed by atoms with Crippen LogP contribution in [0.2, 0.25) is 0 Å². The first-order valence-electron chi connectivity index (χ1n) is 11.5. The van der Waals surface area contributed by atoms with Crippen molar-refractivity contribution in [1.82, 2.24) is 15.2 Å². The molecule has 6 rings (SSSR count). The standard InChI is InChI=1S/C26H26N4O4/c1-14-7-8-19-17(11-14)26(25(33)28-19)22-21(23(31)30(24(22)32)9-10-34-2)20(29-26)12-15-13-27-18-6-4-3-5-16(15)18/h3-8,11,13,20-22,27,29H,9-10,12H2,1-2H3,(H,28,33)/t20-,21-,22+,26+/m1/s1. The number of rotatable bonds is 5. The molecule has 0 radical (unpaired) electrons. The molecule has 0 saturated carbocycles. The van der Waals surface area contributed by atoms with Crippen LogP contribution in [0.5, 0.6) is 0 Å². The van der Waals surface area contributed by atoms with E-state index in [2.05, 4.69) is 15.6 Å². The van der Waals surface area contributed by atoms with Crippen LogP contribution in [-0.4, -0.2) is 53.9 Å². The summed E-state index contributed by atoms with van der Waals surface area (Å²) in [6.07, 6.45) is 2.46. The molecule has 3 aliphatic heterocycles. The van der Waals surface area contributed by atoms with Gasteiger partial charge in [-0.2, -0.15) is 0 Å². The summed E-state index contributed by atoms with van der Waals surface area (Å²) in [5.41, 5.74) is 3.19. The molecule has 3 amide bonds. The molecule has 3 N–H and O–H groups in total. The van der Waals surface area contributed by atoms with Crippen molar-refractivity contribution < 1.29 is 19.1 Å². The number of para-hydroxylation sites is 1. The summed E-state index contributed by atoms with van der Waals surface area (Å²) < 4.78 is 5.15. The van der Waals surface area contributed by atoms with Crippen LogP contribution >= 0.6 is 0 Å². The van der Waals surface area contributed by atoms with Crippen molar-refractivity contribution in [2.24, 2.45) is 11.8 Å². The van der Waals surface area contributed by atoms with Crippen molar-refractivity contribution in [1.29, 1.82) is 0 Å². The van der Waals surface area contributed by atoms with Crippen LogP contribution in [0, 0.1) is 18.8 Å². The number of aromatic amines is 1. The van der Waals surface area contributed by atoms with Gasteiger partial charge < -0.3 is 15.0 Å². The van der Waals surface area contributed by atoms with Gasteiger partial charge in [0.2, 0.25) is 17.7 Å². The second kappa shape index (κ2) is 7.51. The van der Waals surface area contributed by atoms with E-state index in [0.29, 0.717) is 12.1 Å². The van der Waals surface area contributed by atoms with Gasteiger partial charge in [-0.3, -0.25) is 24.6 Å². The second-order valence-corrected chi connectivity index (χ2v) is 9.45. The van der Waals surface area contributed by atoms with Gasteiger partial charge >= 0.3 is 0 Å². The lowest BCUT2D eigenvalue weighted by Crippen LogP contribution is -2.53. The number of aromatic nitrogens is 1. The molecule has 0 bridgehead atoms. The number of fused-ring (bicyclic) bond motifs is 5. The minimum Gasteiger partial charge on any atom is -0.383 e. The van der Waals surface area contributed by atoms with Gasteiger partial charge in [0.25, 0.3) is 0 Å². The fourth-order valence-corrected chi connectivity index (χ4v) is 6.09. The first-order chi connectivity index (χ1) is 16.5. The van der Waals surface area contributed by atoms with E-state index in [9.17, 15) is 14.4 Å². The van der Waals surface area contributed by atoms with Gasteiger partial charge in [0.1, 0.15) is 5.54 Å². The monoisotopic (exact) mass is 458 g/mol. The minimum absolute atomic E-state index is 0.180. The number of methoxy groups -OCH3 is 1. The number of hydrogen-bond donors (Lipinski definition) is 3. The van der Waals surface area contributed by atoms with Crippen LogP contribution in [0.25, 0.3) is 10.9 Å². The molecule has 4 heterocycles. The average molecular weight is 459 g/mol. The van der Waals surface area contributed by atoms with Gasteiger partial charge in [-0.15, -0.1) is 0 Å². The number of carbonyl (C=O) groups excluding carboxylic acids is 3. The van der Waals surface area contributed by atoms with E-state index in [1.54, 1.807) is 0 Å². The van der Waals surface area contributed by atoms with Gasteiger partial charge in [0.05, 0.1) is 25.0 Å². The molecular weight excluding hydrogens is 432 g/mol. The van der Waals surface area contributed by atoms with Crippen LogP contribution in [0.3, 0.4) is 0 Å². The smallest absolute Gasteiger partial charge is 0.250 e. The molecule has 3 aromatic rings. The van der Waals surface area contributed by atoms with Crippen molar-refractivity contribution in [3.05, 3.63) is 65.4 Å².